The zero-order chi connectivity index (χ0) is 23.8. The summed E-state index contributed by atoms with van der Waals surface area (Å²) >= 11 is 6.27. The van der Waals surface area contributed by atoms with Crippen LogP contribution in [0, 0.1) is 0 Å². The van der Waals surface area contributed by atoms with Crippen molar-refractivity contribution < 1.29 is 17.9 Å². The van der Waals surface area contributed by atoms with E-state index in [9.17, 15) is 13.2 Å². The SMILES string of the molecule is CN(C)S(=O)(=O)c1ccc(OCCNC(=O)/C(=C/c2ccccc2Cl)c2ccccc2)cc1. The number of halogens is 1. The van der Waals surface area contributed by atoms with E-state index in [4.69, 9.17) is 16.3 Å². The summed E-state index contributed by atoms with van der Waals surface area (Å²) in [6, 6.07) is 22.8. The number of sulfonamides is 1. The van der Waals surface area contributed by atoms with E-state index in [1.165, 1.54) is 26.2 Å². The van der Waals surface area contributed by atoms with Crippen molar-refractivity contribution in [3.05, 3.63) is 95.0 Å². The molecule has 3 aromatic rings. The van der Waals surface area contributed by atoms with Gasteiger partial charge in [0.25, 0.3) is 5.91 Å². The molecule has 6 nitrogen and oxygen atoms in total. The molecule has 0 spiro atoms. The fraction of sp³-hybridized carbons (Fsp3) is 0.160. The molecule has 0 aliphatic rings. The number of amides is 1. The van der Waals surface area contributed by atoms with Crippen molar-refractivity contribution in [1.82, 2.24) is 9.62 Å². The number of benzene rings is 3. The molecule has 0 unspecified atom stereocenters. The molecule has 0 saturated heterocycles. The van der Waals surface area contributed by atoms with Gasteiger partial charge in [-0.15, -0.1) is 0 Å². The Hall–Kier alpha value is -3.13. The first-order chi connectivity index (χ1) is 15.8. The van der Waals surface area contributed by atoms with Gasteiger partial charge in [-0.05, 0) is 47.5 Å². The Balaban J connectivity index is 1.64. The Morgan fingerprint density at radius 3 is 2.24 bits per heavy atom. The highest BCUT2D eigenvalue weighted by atomic mass is 35.5. The van der Waals surface area contributed by atoms with Crippen molar-refractivity contribution in [2.45, 2.75) is 4.90 Å². The highest BCUT2D eigenvalue weighted by Gasteiger charge is 2.17. The van der Waals surface area contributed by atoms with E-state index in [1.807, 2.05) is 48.5 Å². The summed E-state index contributed by atoms with van der Waals surface area (Å²) in [5.41, 5.74) is 2.01. The normalized spacial score (nSPS) is 11.9. The summed E-state index contributed by atoms with van der Waals surface area (Å²) in [7, 11) is -0.533. The Kier molecular flexibility index (Phi) is 8.27. The van der Waals surface area contributed by atoms with Gasteiger partial charge >= 0.3 is 0 Å². The van der Waals surface area contributed by atoms with Gasteiger partial charge in [0.05, 0.1) is 11.4 Å². The van der Waals surface area contributed by atoms with Gasteiger partial charge in [0.1, 0.15) is 12.4 Å². The number of hydrogen-bond donors (Lipinski definition) is 1. The summed E-state index contributed by atoms with van der Waals surface area (Å²) in [6.07, 6.45) is 1.76. The molecule has 33 heavy (non-hydrogen) atoms. The maximum atomic E-state index is 12.9. The predicted octanol–water partition coefficient (Wildman–Crippen LogP) is 4.33. The number of hydrogen-bond acceptors (Lipinski definition) is 4. The number of ether oxygens (including phenoxy) is 1. The minimum Gasteiger partial charge on any atom is -0.492 e. The van der Waals surface area contributed by atoms with Crippen LogP contribution < -0.4 is 10.1 Å². The molecular weight excluding hydrogens is 460 g/mol. The standard InChI is InChI=1S/C25H25ClN2O4S/c1-28(2)33(30,31)22-14-12-21(13-15-22)32-17-16-27-25(29)23(19-8-4-3-5-9-19)18-20-10-6-7-11-24(20)26/h3-15,18H,16-17H2,1-2H3,(H,27,29)/b23-18+. The zero-order valence-electron chi connectivity index (χ0n) is 18.4. The molecule has 0 fully saturated rings. The molecule has 0 radical (unpaired) electrons. The van der Waals surface area contributed by atoms with Gasteiger partial charge in [0, 0.05) is 24.7 Å². The van der Waals surface area contributed by atoms with Gasteiger partial charge in [-0.25, -0.2) is 12.7 Å². The molecule has 172 valence electrons. The molecule has 1 amide bonds. The molecule has 0 aliphatic carbocycles. The smallest absolute Gasteiger partial charge is 0.252 e. The Morgan fingerprint density at radius 2 is 1.61 bits per heavy atom. The van der Waals surface area contributed by atoms with Crippen LogP contribution in [0.25, 0.3) is 11.6 Å². The monoisotopic (exact) mass is 484 g/mol. The van der Waals surface area contributed by atoms with Crippen LogP contribution in [0.15, 0.2) is 83.8 Å². The maximum Gasteiger partial charge on any atom is 0.252 e. The van der Waals surface area contributed by atoms with E-state index in [2.05, 4.69) is 5.32 Å². The number of carbonyl (C=O) groups is 1. The molecule has 0 aromatic heterocycles. The Labute approximate surface area is 199 Å². The largest absolute Gasteiger partial charge is 0.492 e. The van der Waals surface area contributed by atoms with E-state index in [-0.39, 0.29) is 24.0 Å². The fourth-order valence-electron chi connectivity index (χ4n) is 2.99. The van der Waals surface area contributed by atoms with Gasteiger partial charge in [-0.1, -0.05) is 60.1 Å². The topological polar surface area (TPSA) is 75.7 Å². The molecule has 8 heteroatoms. The predicted molar refractivity (Wildman–Crippen MR) is 132 cm³/mol. The lowest BCUT2D eigenvalue weighted by Crippen LogP contribution is -2.28. The van der Waals surface area contributed by atoms with E-state index in [0.717, 1.165) is 15.4 Å². The van der Waals surface area contributed by atoms with Gasteiger partial charge in [-0.3, -0.25) is 4.79 Å². The van der Waals surface area contributed by atoms with Crippen LogP contribution in [0.1, 0.15) is 11.1 Å². The summed E-state index contributed by atoms with van der Waals surface area (Å²) in [6.45, 7) is 0.489. The van der Waals surface area contributed by atoms with Crippen LogP contribution >= 0.6 is 11.6 Å². The molecule has 3 rings (SSSR count). The average molecular weight is 485 g/mol. The first kappa shape index (κ1) is 24.5. The van der Waals surface area contributed by atoms with Crippen LogP contribution in [0.5, 0.6) is 5.75 Å². The quantitative estimate of drug-likeness (QED) is 0.279. The third-order valence-electron chi connectivity index (χ3n) is 4.79. The number of nitrogens with zero attached hydrogens (tertiary/aromatic N) is 1. The summed E-state index contributed by atoms with van der Waals surface area (Å²) in [5.74, 6) is 0.258. The van der Waals surface area contributed by atoms with Gasteiger partial charge in [0.15, 0.2) is 0 Å². The first-order valence-electron chi connectivity index (χ1n) is 10.2. The summed E-state index contributed by atoms with van der Waals surface area (Å²) < 4.78 is 31.1. The lowest BCUT2D eigenvalue weighted by molar-refractivity contribution is -0.115. The summed E-state index contributed by atoms with van der Waals surface area (Å²) in [4.78, 5) is 13.1. The highest BCUT2D eigenvalue weighted by Crippen LogP contribution is 2.23. The number of nitrogens with one attached hydrogen (secondary N) is 1. The first-order valence-corrected chi connectivity index (χ1v) is 12.1. The second-order valence-corrected chi connectivity index (χ2v) is 9.87. The molecule has 3 aromatic carbocycles. The molecule has 0 heterocycles. The van der Waals surface area contributed by atoms with Crippen LogP contribution in [0.2, 0.25) is 5.02 Å². The second kappa shape index (κ2) is 11.1. The summed E-state index contributed by atoms with van der Waals surface area (Å²) in [5, 5.41) is 3.42. The van der Waals surface area contributed by atoms with Gasteiger partial charge in [-0.2, -0.15) is 0 Å². The van der Waals surface area contributed by atoms with E-state index in [1.54, 1.807) is 24.3 Å². The van der Waals surface area contributed by atoms with Crippen LogP contribution in [0.4, 0.5) is 0 Å². The molecule has 0 bridgehead atoms. The number of carbonyl (C=O) groups excluding carboxylic acids is 1. The van der Waals surface area contributed by atoms with Gasteiger partial charge < -0.3 is 10.1 Å². The third-order valence-corrected chi connectivity index (χ3v) is 6.97. The van der Waals surface area contributed by atoms with Crippen molar-refractivity contribution in [1.29, 1.82) is 0 Å². The molecule has 1 N–H and O–H groups in total. The zero-order valence-corrected chi connectivity index (χ0v) is 19.9. The molecule has 0 aliphatic heterocycles. The van der Waals surface area contributed by atoms with Crippen molar-refractivity contribution in [3.8, 4) is 5.75 Å². The average Bonchev–Trinajstić information content (AvgIpc) is 2.82. The van der Waals surface area contributed by atoms with Crippen molar-refractivity contribution in [2.75, 3.05) is 27.2 Å². The van der Waals surface area contributed by atoms with Crippen LogP contribution in [-0.4, -0.2) is 45.9 Å². The second-order valence-electron chi connectivity index (χ2n) is 7.31. The van der Waals surface area contributed by atoms with Crippen molar-refractivity contribution in [3.63, 3.8) is 0 Å². The lowest BCUT2D eigenvalue weighted by atomic mass is 10.0. The third kappa shape index (κ3) is 6.44. The molecule has 0 atom stereocenters. The number of rotatable bonds is 9. The Bertz CT molecular complexity index is 1220. The van der Waals surface area contributed by atoms with Crippen molar-refractivity contribution in [2.24, 2.45) is 0 Å². The van der Waals surface area contributed by atoms with E-state index < -0.39 is 10.0 Å². The van der Waals surface area contributed by atoms with E-state index in [0.29, 0.717) is 16.3 Å². The fourth-order valence-corrected chi connectivity index (χ4v) is 4.08. The van der Waals surface area contributed by atoms with E-state index >= 15 is 0 Å². The minimum atomic E-state index is -3.49. The van der Waals surface area contributed by atoms with Crippen molar-refractivity contribution >= 4 is 39.2 Å². The van der Waals surface area contributed by atoms with Crippen LogP contribution in [0.3, 0.4) is 0 Å². The van der Waals surface area contributed by atoms with Gasteiger partial charge in [0.2, 0.25) is 10.0 Å². The lowest BCUT2D eigenvalue weighted by Gasteiger charge is -2.13. The Morgan fingerprint density at radius 1 is 0.970 bits per heavy atom. The molecule has 0 saturated carbocycles. The highest BCUT2D eigenvalue weighted by molar-refractivity contribution is 7.89. The molecular formula is C25H25ClN2O4S. The van der Waals surface area contributed by atoms with Crippen LogP contribution in [-0.2, 0) is 14.8 Å². The minimum absolute atomic E-state index is 0.186. The maximum absolute atomic E-state index is 12.9.